The summed E-state index contributed by atoms with van der Waals surface area (Å²) in [6.45, 7) is 1.62. The molecule has 4 nitrogen and oxygen atoms in total. The number of carboxylic acid groups (broad SMARTS) is 1. The van der Waals surface area contributed by atoms with Gasteiger partial charge in [0.1, 0.15) is 17.5 Å². The number of hydrogen-bond donors (Lipinski definition) is 2. The Morgan fingerprint density at radius 3 is 2.75 bits per heavy atom. The van der Waals surface area contributed by atoms with Crippen LogP contribution in [0.25, 0.3) is 0 Å². The summed E-state index contributed by atoms with van der Waals surface area (Å²) >= 11 is 0. The van der Waals surface area contributed by atoms with Crippen molar-refractivity contribution in [3.8, 4) is 11.5 Å². The lowest BCUT2D eigenvalue weighted by molar-refractivity contribution is -0.137. The molecular formula is C16H15NO3. The van der Waals surface area contributed by atoms with Crippen molar-refractivity contribution < 1.29 is 14.6 Å². The molecule has 2 aromatic carbocycles. The quantitative estimate of drug-likeness (QED) is 0.766. The van der Waals surface area contributed by atoms with Gasteiger partial charge in [0.05, 0.1) is 0 Å². The van der Waals surface area contributed by atoms with Gasteiger partial charge in [0.2, 0.25) is 0 Å². The molecular weight excluding hydrogens is 254 g/mol. The number of ether oxygens (including phenoxy) is 1. The van der Waals surface area contributed by atoms with E-state index in [9.17, 15) is 4.79 Å². The molecule has 102 valence electrons. The van der Waals surface area contributed by atoms with E-state index in [1.807, 2.05) is 42.5 Å². The van der Waals surface area contributed by atoms with Crippen LogP contribution in [0.2, 0.25) is 0 Å². The molecule has 4 heteroatoms. The van der Waals surface area contributed by atoms with Gasteiger partial charge in [-0.2, -0.15) is 0 Å². The molecule has 0 saturated carbocycles. The predicted molar refractivity (Wildman–Crippen MR) is 76.5 cm³/mol. The summed E-state index contributed by atoms with van der Waals surface area (Å²) in [5, 5.41) is 12.0. The maximum absolute atomic E-state index is 11.0. The molecule has 0 amide bonds. The third-order valence-corrected chi connectivity index (χ3v) is 3.44. The maximum Gasteiger partial charge on any atom is 0.325 e. The van der Waals surface area contributed by atoms with E-state index in [-0.39, 0.29) is 0 Å². The van der Waals surface area contributed by atoms with Crippen LogP contribution < -0.4 is 10.1 Å². The van der Waals surface area contributed by atoms with Gasteiger partial charge < -0.3 is 15.2 Å². The highest BCUT2D eigenvalue weighted by molar-refractivity contribution is 5.78. The van der Waals surface area contributed by atoms with E-state index in [0.717, 1.165) is 34.7 Å². The fourth-order valence-corrected chi connectivity index (χ4v) is 2.33. The van der Waals surface area contributed by atoms with E-state index < -0.39 is 12.0 Å². The van der Waals surface area contributed by atoms with Crippen LogP contribution in [0.1, 0.15) is 18.1 Å². The molecule has 2 aromatic rings. The molecule has 1 aliphatic rings. The van der Waals surface area contributed by atoms with E-state index in [1.54, 1.807) is 6.92 Å². The second-order valence-corrected chi connectivity index (χ2v) is 4.87. The first kappa shape index (κ1) is 12.5. The Bertz CT molecular complexity index is 667. The highest BCUT2D eigenvalue weighted by Crippen LogP contribution is 2.39. The molecule has 0 aliphatic carbocycles. The van der Waals surface area contributed by atoms with Gasteiger partial charge in [-0.15, -0.1) is 0 Å². The molecule has 3 rings (SSSR count). The zero-order valence-corrected chi connectivity index (χ0v) is 11.1. The van der Waals surface area contributed by atoms with E-state index in [1.165, 1.54) is 0 Å². The first-order valence-electron chi connectivity index (χ1n) is 6.52. The summed E-state index contributed by atoms with van der Waals surface area (Å²) < 4.78 is 5.87. The van der Waals surface area contributed by atoms with Crippen LogP contribution in [0.3, 0.4) is 0 Å². The number of rotatable bonds is 3. The number of para-hydroxylation sites is 1. The van der Waals surface area contributed by atoms with Crippen molar-refractivity contribution in [2.45, 2.75) is 19.4 Å². The SMILES string of the molecule is C[C@H](Nc1cccc2c1Cc1ccccc1O2)C(=O)O. The molecule has 0 saturated heterocycles. The fourth-order valence-electron chi connectivity index (χ4n) is 2.33. The Morgan fingerprint density at radius 2 is 1.95 bits per heavy atom. The standard InChI is InChI=1S/C16H15NO3/c1-10(16(18)19)17-13-6-4-8-15-12(13)9-11-5-2-3-7-14(11)20-15/h2-8,10,17H,9H2,1H3,(H,18,19)/t10-/m0/s1. The predicted octanol–water partition coefficient (Wildman–Crippen LogP) is 3.27. The highest BCUT2D eigenvalue weighted by atomic mass is 16.5. The smallest absolute Gasteiger partial charge is 0.325 e. The third-order valence-electron chi connectivity index (χ3n) is 3.44. The fraction of sp³-hybridized carbons (Fsp3) is 0.188. The van der Waals surface area contributed by atoms with Crippen molar-refractivity contribution in [2.75, 3.05) is 5.32 Å². The number of hydrogen-bond acceptors (Lipinski definition) is 3. The van der Waals surface area contributed by atoms with Crippen molar-refractivity contribution in [3.05, 3.63) is 53.6 Å². The Labute approximate surface area is 117 Å². The van der Waals surface area contributed by atoms with E-state index >= 15 is 0 Å². The third kappa shape index (κ3) is 2.20. The van der Waals surface area contributed by atoms with Gasteiger partial charge in [0, 0.05) is 17.7 Å². The van der Waals surface area contributed by atoms with Crippen LogP contribution in [0, 0.1) is 0 Å². The average Bonchev–Trinajstić information content (AvgIpc) is 2.45. The zero-order valence-electron chi connectivity index (χ0n) is 11.1. The lowest BCUT2D eigenvalue weighted by atomic mass is 9.98. The Hall–Kier alpha value is -2.49. The van der Waals surface area contributed by atoms with Gasteiger partial charge in [-0.1, -0.05) is 24.3 Å². The Kier molecular flexibility index (Phi) is 3.06. The monoisotopic (exact) mass is 269 g/mol. The molecule has 1 heterocycles. The molecule has 0 fully saturated rings. The van der Waals surface area contributed by atoms with Crippen molar-refractivity contribution in [3.63, 3.8) is 0 Å². The van der Waals surface area contributed by atoms with Crippen molar-refractivity contribution in [2.24, 2.45) is 0 Å². The number of nitrogens with one attached hydrogen (secondary N) is 1. The number of aliphatic carboxylic acids is 1. The maximum atomic E-state index is 11.0. The van der Waals surface area contributed by atoms with Gasteiger partial charge in [-0.05, 0) is 30.7 Å². The zero-order chi connectivity index (χ0) is 14.1. The van der Waals surface area contributed by atoms with Crippen LogP contribution in [0.4, 0.5) is 5.69 Å². The lowest BCUT2D eigenvalue weighted by Crippen LogP contribution is -2.26. The largest absolute Gasteiger partial charge is 0.480 e. The molecule has 2 N–H and O–H groups in total. The van der Waals surface area contributed by atoms with Crippen molar-refractivity contribution in [1.29, 1.82) is 0 Å². The topological polar surface area (TPSA) is 58.6 Å². The van der Waals surface area contributed by atoms with Gasteiger partial charge in [-0.3, -0.25) is 4.79 Å². The molecule has 1 aliphatic heterocycles. The normalized spacial score (nSPS) is 13.7. The van der Waals surface area contributed by atoms with E-state index in [0.29, 0.717) is 0 Å². The molecule has 20 heavy (non-hydrogen) atoms. The van der Waals surface area contributed by atoms with E-state index in [2.05, 4.69) is 5.32 Å². The number of anilines is 1. The molecule has 0 spiro atoms. The van der Waals surface area contributed by atoms with Crippen molar-refractivity contribution >= 4 is 11.7 Å². The minimum absolute atomic E-state index is 0.640. The number of fused-ring (bicyclic) bond motifs is 2. The number of carbonyl (C=O) groups is 1. The first-order chi connectivity index (χ1) is 9.65. The van der Waals surface area contributed by atoms with E-state index in [4.69, 9.17) is 9.84 Å². The summed E-state index contributed by atoms with van der Waals surface area (Å²) in [6.07, 6.45) is 0.737. The molecule has 0 radical (unpaired) electrons. The minimum Gasteiger partial charge on any atom is -0.480 e. The average molecular weight is 269 g/mol. The van der Waals surface area contributed by atoms with Crippen LogP contribution in [-0.2, 0) is 11.2 Å². The first-order valence-corrected chi connectivity index (χ1v) is 6.52. The minimum atomic E-state index is -0.875. The summed E-state index contributed by atoms with van der Waals surface area (Å²) in [6, 6.07) is 12.9. The highest BCUT2D eigenvalue weighted by Gasteiger charge is 2.21. The summed E-state index contributed by atoms with van der Waals surface area (Å²) in [5.41, 5.74) is 2.92. The van der Waals surface area contributed by atoms with Gasteiger partial charge in [0.15, 0.2) is 0 Å². The second-order valence-electron chi connectivity index (χ2n) is 4.87. The number of benzene rings is 2. The van der Waals surface area contributed by atoms with Gasteiger partial charge in [0.25, 0.3) is 0 Å². The molecule has 0 unspecified atom stereocenters. The van der Waals surface area contributed by atoms with Gasteiger partial charge in [-0.25, -0.2) is 0 Å². The summed E-state index contributed by atoms with van der Waals surface area (Å²) in [7, 11) is 0. The Balaban J connectivity index is 1.96. The molecule has 0 aromatic heterocycles. The van der Waals surface area contributed by atoms with Crippen LogP contribution in [-0.4, -0.2) is 17.1 Å². The van der Waals surface area contributed by atoms with Crippen LogP contribution in [0.5, 0.6) is 11.5 Å². The summed E-state index contributed by atoms with van der Waals surface area (Å²) in [4.78, 5) is 11.0. The van der Waals surface area contributed by atoms with Gasteiger partial charge >= 0.3 is 5.97 Å². The van der Waals surface area contributed by atoms with Crippen LogP contribution >= 0.6 is 0 Å². The summed E-state index contributed by atoms with van der Waals surface area (Å²) in [5.74, 6) is 0.773. The molecule has 0 bridgehead atoms. The second kappa shape index (κ2) is 4.89. The molecule has 1 atom stereocenters. The Morgan fingerprint density at radius 1 is 1.20 bits per heavy atom. The number of carboxylic acids is 1. The lowest BCUT2D eigenvalue weighted by Gasteiger charge is -2.23. The van der Waals surface area contributed by atoms with Crippen LogP contribution in [0.15, 0.2) is 42.5 Å². The van der Waals surface area contributed by atoms with Crippen molar-refractivity contribution in [1.82, 2.24) is 0 Å².